The van der Waals surface area contributed by atoms with E-state index in [1.54, 1.807) is 0 Å². The molecule has 0 aliphatic rings. The smallest absolute Gasteiger partial charge is 0.462 e. The predicted molar refractivity (Wildman–Crippen MR) is 399 cm³/mol. The van der Waals surface area contributed by atoms with Crippen LogP contribution in [-0.2, 0) is 65.4 Å². The van der Waals surface area contributed by atoms with E-state index in [4.69, 9.17) is 37.0 Å². The lowest BCUT2D eigenvalue weighted by molar-refractivity contribution is -0.161. The Balaban J connectivity index is 5.35. The zero-order valence-corrected chi connectivity index (χ0v) is 63.2. The van der Waals surface area contributed by atoms with Gasteiger partial charge in [-0.15, -0.1) is 0 Å². The average Bonchev–Trinajstić information content (AvgIpc) is 0.980. The van der Waals surface area contributed by atoms with Crippen molar-refractivity contribution in [1.29, 1.82) is 0 Å². The van der Waals surface area contributed by atoms with Gasteiger partial charge in [0.15, 0.2) is 12.2 Å². The number of phosphoric ester groups is 2. The molecule has 0 heterocycles. The Morgan fingerprint density at radius 1 is 0.296 bits per heavy atom. The van der Waals surface area contributed by atoms with E-state index in [1.165, 1.54) is 12.8 Å². The van der Waals surface area contributed by atoms with Crippen molar-refractivity contribution in [2.75, 3.05) is 39.6 Å². The molecule has 0 aromatic carbocycles. The molecular weight excluding hydrogens is 1280 g/mol. The minimum Gasteiger partial charge on any atom is -0.462 e. The molecule has 5 atom stereocenters. The molecular formula is C79H136O17P2. The summed E-state index contributed by atoms with van der Waals surface area (Å²) in [5.41, 5.74) is 0. The number of allylic oxidation sites excluding steroid dienone is 18. The summed E-state index contributed by atoms with van der Waals surface area (Å²) in [5, 5.41) is 10.6. The monoisotopic (exact) mass is 1420 g/mol. The first-order valence-corrected chi connectivity index (χ1v) is 41.1. The number of carbonyl (C=O) groups is 4. The highest BCUT2D eigenvalue weighted by molar-refractivity contribution is 7.47. The molecule has 0 aliphatic heterocycles. The standard InChI is InChI=1S/C79H136O17P2/c1-5-9-13-17-21-25-29-32-34-36-38-41-45-48-52-56-60-64-77(82)90-70-75(96-79(84)66-62-58-54-50-46-42-39-37-35-33-30-26-22-18-14-10-6-2)72-94-98(87,88)92-68-73(80)67-91-97(85,86)93-71-74(95-78(83)65-61-57-53-49-43-28-24-20-16-12-8-4)69-89-76(81)63-59-55-51-47-44-40-31-27-23-19-15-11-7-3/h9-10,13-15,19-22,24-27,31-35,73-75,80H,5-8,11-12,16-18,23,28-30,36-72H2,1-4H3,(H,85,86)(H,87,88)/b13-9-,14-10-,19-15-,24-20-,25-21-,26-22-,31-27-,34-32-,35-33-. The van der Waals surface area contributed by atoms with Crippen LogP contribution >= 0.6 is 15.6 Å². The van der Waals surface area contributed by atoms with Crippen molar-refractivity contribution in [2.45, 2.75) is 329 Å². The Labute approximate surface area is 594 Å². The highest BCUT2D eigenvalue weighted by atomic mass is 31.2. The summed E-state index contributed by atoms with van der Waals surface area (Å²) in [7, 11) is -9.96. The van der Waals surface area contributed by atoms with Gasteiger partial charge in [-0.1, -0.05) is 259 Å². The van der Waals surface area contributed by atoms with Crippen molar-refractivity contribution in [3.8, 4) is 0 Å². The summed E-state index contributed by atoms with van der Waals surface area (Å²) in [5.74, 6) is -2.21. The minimum absolute atomic E-state index is 0.0800. The van der Waals surface area contributed by atoms with Gasteiger partial charge in [0.25, 0.3) is 0 Å². The van der Waals surface area contributed by atoms with Crippen LogP contribution in [0.2, 0.25) is 0 Å². The molecule has 0 aromatic heterocycles. The molecule has 0 aromatic rings. The highest BCUT2D eigenvalue weighted by Gasteiger charge is 2.30. The molecule has 0 fully saturated rings. The van der Waals surface area contributed by atoms with Gasteiger partial charge in [-0.2, -0.15) is 0 Å². The van der Waals surface area contributed by atoms with Crippen LogP contribution in [-0.4, -0.2) is 96.7 Å². The number of carbonyl (C=O) groups excluding carboxylic acids is 4. The lowest BCUT2D eigenvalue weighted by Crippen LogP contribution is -2.30. The average molecular weight is 1420 g/mol. The summed E-state index contributed by atoms with van der Waals surface area (Å²) in [6.07, 6.45) is 75.1. The van der Waals surface area contributed by atoms with Gasteiger partial charge in [-0.25, -0.2) is 9.13 Å². The van der Waals surface area contributed by atoms with Crippen molar-refractivity contribution in [1.82, 2.24) is 0 Å². The van der Waals surface area contributed by atoms with Crippen LogP contribution in [0.4, 0.5) is 0 Å². The number of aliphatic hydroxyl groups is 1. The SMILES string of the molecule is CC/C=C\C/C=C\C/C=C\CCCCCCCCCC(=O)OCC(COP(=O)(O)OCC(O)COP(=O)(O)OCC(COC(=O)CCCCCCC/C=C\C/C=C\CCC)OC(=O)CCCCCCC/C=C\CCCC)OC(=O)CCCCCCCCC/C=C\C/C=C\C/C=C\CC. The lowest BCUT2D eigenvalue weighted by Gasteiger charge is -2.21. The van der Waals surface area contributed by atoms with Crippen LogP contribution in [0, 0.1) is 0 Å². The molecule has 0 aliphatic carbocycles. The fraction of sp³-hybridized carbons (Fsp3) is 0.722. The Bertz CT molecular complexity index is 2290. The van der Waals surface area contributed by atoms with Crippen molar-refractivity contribution in [3.05, 3.63) is 109 Å². The number of esters is 4. The second kappa shape index (κ2) is 71.1. The van der Waals surface area contributed by atoms with Gasteiger partial charge >= 0.3 is 39.5 Å². The summed E-state index contributed by atoms with van der Waals surface area (Å²) in [6, 6.07) is 0. The van der Waals surface area contributed by atoms with Gasteiger partial charge in [-0.05, 0) is 135 Å². The number of aliphatic hydroxyl groups excluding tert-OH is 1. The molecule has 564 valence electrons. The molecule has 0 amide bonds. The molecule has 17 nitrogen and oxygen atoms in total. The van der Waals surface area contributed by atoms with E-state index in [2.05, 4.69) is 137 Å². The fourth-order valence-corrected chi connectivity index (χ4v) is 11.5. The third-order valence-electron chi connectivity index (χ3n) is 15.7. The maximum Gasteiger partial charge on any atom is 0.472 e. The van der Waals surface area contributed by atoms with E-state index in [-0.39, 0.29) is 25.7 Å². The second-order valence-electron chi connectivity index (χ2n) is 25.2. The largest absolute Gasteiger partial charge is 0.472 e. The zero-order chi connectivity index (χ0) is 71.8. The van der Waals surface area contributed by atoms with Gasteiger partial charge in [0.2, 0.25) is 0 Å². The maximum atomic E-state index is 13.1. The Morgan fingerprint density at radius 3 is 0.867 bits per heavy atom. The van der Waals surface area contributed by atoms with Gasteiger partial charge < -0.3 is 33.8 Å². The molecule has 3 N–H and O–H groups in total. The van der Waals surface area contributed by atoms with E-state index in [1.807, 2.05) is 0 Å². The van der Waals surface area contributed by atoms with E-state index >= 15 is 0 Å². The number of rotatable bonds is 71. The first-order chi connectivity index (χ1) is 47.7. The van der Waals surface area contributed by atoms with E-state index in [9.17, 15) is 43.2 Å². The topological polar surface area (TPSA) is 237 Å². The number of hydrogen-bond acceptors (Lipinski definition) is 15. The van der Waals surface area contributed by atoms with Gasteiger partial charge in [0, 0.05) is 25.7 Å². The molecule has 0 bridgehead atoms. The zero-order valence-electron chi connectivity index (χ0n) is 61.4. The molecule has 0 saturated heterocycles. The number of phosphoric acid groups is 2. The molecule has 98 heavy (non-hydrogen) atoms. The molecule has 5 unspecified atom stereocenters. The molecule has 0 spiro atoms. The predicted octanol–water partition coefficient (Wildman–Crippen LogP) is 21.8. The summed E-state index contributed by atoms with van der Waals surface area (Å²) >= 11 is 0. The van der Waals surface area contributed by atoms with Crippen molar-refractivity contribution >= 4 is 39.5 Å². The Morgan fingerprint density at radius 2 is 0.551 bits per heavy atom. The van der Waals surface area contributed by atoms with Crippen LogP contribution in [0.3, 0.4) is 0 Å². The summed E-state index contributed by atoms with van der Waals surface area (Å²) in [4.78, 5) is 72.8. The normalized spacial score (nSPS) is 14.6. The number of unbranched alkanes of at least 4 members (excludes halogenated alkanes) is 27. The highest BCUT2D eigenvalue weighted by Crippen LogP contribution is 2.45. The number of hydrogen-bond donors (Lipinski definition) is 3. The molecule has 19 heteroatoms. The summed E-state index contributed by atoms with van der Waals surface area (Å²) < 4.78 is 68.4. The fourth-order valence-electron chi connectivity index (χ4n) is 9.91. The van der Waals surface area contributed by atoms with Crippen LogP contribution in [0.5, 0.6) is 0 Å². The van der Waals surface area contributed by atoms with Gasteiger partial charge in [0.05, 0.1) is 26.4 Å². The first kappa shape index (κ1) is 93.7. The van der Waals surface area contributed by atoms with E-state index in [0.717, 1.165) is 218 Å². The van der Waals surface area contributed by atoms with Crippen LogP contribution in [0.1, 0.15) is 310 Å². The maximum absolute atomic E-state index is 13.1. The Hall–Kier alpha value is -4.28. The third-order valence-corrected chi connectivity index (χ3v) is 17.6. The van der Waals surface area contributed by atoms with Crippen LogP contribution < -0.4 is 0 Å². The van der Waals surface area contributed by atoms with Gasteiger partial charge in [-0.3, -0.25) is 37.3 Å². The molecule has 0 rings (SSSR count). The van der Waals surface area contributed by atoms with Crippen molar-refractivity contribution < 1.29 is 80.2 Å². The second-order valence-corrected chi connectivity index (χ2v) is 28.1. The van der Waals surface area contributed by atoms with E-state index < -0.39 is 97.5 Å². The van der Waals surface area contributed by atoms with Crippen molar-refractivity contribution in [3.63, 3.8) is 0 Å². The molecule has 0 radical (unpaired) electrons. The van der Waals surface area contributed by atoms with E-state index in [0.29, 0.717) is 25.7 Å². The summed E-state index contributed by atoms with van der Waals surface area (Å²) in [6.45, 7) is 4.51. The van der Waals surface area contributed by atoms with Gasteiger partial charge in [0.1, 0.15) is 19.3 Å². The Kier molecular flexibility index (Phi) is 68.0. The third kappa shape index (κ3) is 70.2. The minimum atomic E-state index is -4.98. The molecule has 0 saturated carbocycles. The van der Waals surface area contributed by atoms with Crippen molar-refractivity contribution in [2.24, 2.45) is 0 Å². The first-order valence-electron chi connectivity index (χ1n) is 38.1. The lowest BCUT2D eigenvalue weighted by atomic mass is 10.1. The number of ether oxygens (including phenoxy) is 4. The van der Waals surface area contributed by atoms with Crippen LogP contribution in [0.15, 0.2) is 109 Å². The van der Waals surface area contributed by atoms with Crippen LogP contribution in [0.25, 0.3) is 0 Å². The quantitative estimate of drug-likeness (QED) is 0.0169.